The summed E-state index contributed by atoms with van der Waals surface area (Å²) in [6, 6.07) is 0. The highest BCUT2D eigenvalue weighted by Crippen LogP contribution is 2.43. The molecule has 102 valence electrons. The van der Waals surface area contributed by atoms with Gasteiger partial charge in [-0.1, -0.05) is 12.8 Å². The molecule has 1 heterocycles. The molecule has 1 amide bonds. The Kier molecular flexibility index (Phi) is 3.39. The molecule has 0 spiro atoms. The minimum absolute atomic E-state index is 0.0294. The Labute approximate surface area is 108 Å². The minimum Gasteiger partial charge on any atom is -0.481 e. The van der Waals surface area contributed by atoms with E-state index in [-0.39, 0.29) is 17.9 Å². The number of carbonyl (C=O) groups is 2. The first-order valence-electron chi connectivity index (χ1n) is 6.91. The van der Waals surface area contributed by atoms with Gasteiger partial charge < -0.3 is 10.0 Å². The number of nitrogens with zero attached hydrogens (tertiary/aromatic N) is 1. The zero-order valence-electron chi connectivity index (χ0n) is 11.4. The van der Waals surface area contributed by atoms with Gasteiger partial charge in [-0.25, -0.2) is 0 Å². The van der Waals surface area contributed by atoms with Crippen molar-refractivity contribution in [3.63, 3.8) is 0 Å². The number of carbonyl (C=O) groups excluding carboxylic acids is 1. The summed E-state index contributed by atoms with van der Waals surface area (Å²) in [4.78, 5) is 25.7. The minimum atomic E-state index is -0.787. The van der Waals surface area contributed by atoms with Gasteiger partial charge in [0.15, 0.2) is 0 Å². The number of amides is 1. The number of hydrogen-bond donors (Lipinski definition) is 1. The topological polar surface area (TPSA) is 57.6 Å². The van der Waals surface area contributed by atoms with Crippen molar-refractivity contribution in [2.75, 3.05) is 6.54 Å². The predicted molar refractivity (Wildman–Crippen MR) is 68.2 cm³/mol. The van der Waals surface area contributed by atoms with E-state index in [1.807, 2.05) is 4.90 Å². The molecule has 0 aromatic rings. The van der Waals surface area contributed by atoms with Crippen LogP contribution in [0.5, 0.6) is 0 Å². The SMILES string of the molecule is CC1(C)CCCN1C(=O)CC1(C(=O)O)CCCC1. The predicted octanol–water partition coefficient (Wildman–Crippen LogP) is 2.42. The number of carboxylic acids is 1. The van der Waals surface area contributed by atoms with Crippen molar-refractivity contribution in [1.82, 2.24) is 4.90 Å². The van der Waals surface area contributed by atoms with E-state index in [2.05, 4.69) is 13.8 Å². The van der Waals surface area contributed by atoms with Gasteiger partial charge in [0.05, 0.1) is 5.41 Å². The first kappa shape index (κ1) is 13.4. The van der Waals surface area contributed by atoms with E-state index in [9.17, 15) is 14.7 Å². The van der Waals surface area contributed by atoms with Gasteiger partial charge in [0.2, 0.25) is 5.91 Å². The Hall–Kier alpha value is -1.06. The normalized spacial score (nSPS) is 25.3. The average Bonchev–Trinajstić information content (AvgIpc) is 2.85. The molecule has 4 heteroatoms. The summed E-state index contributed by atoms with van der Waals surface area (Å²) in [7, 11) is 0. The number of hydrogen-bond acceptors (Lipinski definition) is 2. The quantitative estimate of drug-likeness (QED) is 0.840. The van der Waals surface area contributed by atoms with Crippen molar-refractivity contribution in [1.29, 1.82) is 0 Å². The highest BCUT2D eigenvalue weighted by molar-refractivity contribution is 5.85. The lowest BCUT2D eigenvalue weighted by Crippen LogP contribution is -2.45. The zero-order chi connectivity index (χ0) is 13.4. The van der Waals surface area contributed by atoms with Crippen LogP contribution >= 0.6 is 0 Å². The van der Waals surface area contributed by atoms with Gasteiger partial charge in [-0.2, -0.15) is 0 Å². The molecule has 1 aliphatic heterocycles. The Bertz CT molecular complexity index is 356. The highest BCUT2D eigenvalue weighted by Gasteiger charge is 2.46. The summed E-state index contributed by atoms with van der Waals surface area (Å²) in [5, 5.41) is 9.41. The first-order valence-corrected chi connectivity index (χ1v) is 6.91. The maximum Gasteiger partial charge on any atom is 0.310 e. The molecule has 4 nitrogen and oxygen atoms in total. The maximum atomic E-state index is 12.4. The second-order valence-electron chi connectivity index (χ2n) is 6.43. The van der Waals surface area contributed by atoms with Crippen LogP contribution in [0.2, 0.25) is 0 Å². The van der Waals surface area contributed by atoms with Crippen molar-refractivity contribution >= 4 is 11.9 Å². The highest BCUT2D eigenvalue weighted by atomic mass is 16.4. The van der Waals surface area contributed by atoms with Crippen LogP contribution in [0.3, 0.4) is 0 Å². The number of likely N-dealkylation sites (tertiary alicyclic amines) is 1. The van der Waals surface area contributed by atoms with Gasteiger partial charge >= 0.3 is 5.97 Å². The third-order valence-electron chi connectivity index (χ3n) is 4.71. The van der Waals surface area contributed by atoms with E-state index in [1.165, 1.54) is 0 Å². The molecule has 2 fully saturated rings. The fraction of sp³-hybridized carbons (Fsp3) is 0.857. The second kappa shape index (κ2) is 4.56. The van der Waals surface area contributed by atoms with Crippen LogP contribution in [-0.2, 0) is 9.59 Å². The van der Waals surface area contributed by atoms with Crippen molar-refractivity contribution in [2.24, 2.45) is 5.41 Å². The Morgan fingerprint density at radius 2 is 1.72 bits per heavy atom. The van der Waals surface area contributed by atoms with Crippen molar-refractivity contribution < 1.29 is 14.7 Å². The molecular formula is C14H23NO3. The summed E-state index contributed by atoms with van der Waals surface area (Å²) in [5.41, 5.74) is -0.884. The summed E-state index contributed by atoms with van der Waals surface area (Å²) >= 11 is 0. The molecule has 2 rings (SSSR count). The molecule has 0 atom stereocenters. The summed E-state index contributed by atoms with van der Waals surface area (Å²) in [6.45, 7) is 4.92. The molecule has 0 aromatic carbocycles. The monoisotopic (exact) mass is 253 g/mol. The van der Waals surface area contributed by atoms with Crippen molar-refractivity contribution in [3.8, 4) is 0 Å². The molecule has 2 aliphatic rings. The Morgan fingerprint density at radius 3 is 2.17 bits per heavy atom. The molecule has 0 unspecified atom stereocenters. The van der Waals surface area contributed by atoms with E-state index in [0.717, 1.165) is 32.2 Å². The van der Waals surface area contributed by atoms with Crippen LogP contribution in [0.25, 0.3) is 0 Å². The van der Waals surface area contributed by atoms with Gasteiger partial charge in [-0.15, -0.1) is 0 Å². The summed E-state index contributed by atoms with van der Waals surface area (Å²) < 4.78 is 0. The van der Waals surface area contributed by atoms with Gasteiger partial charge in [-0.3, -0.25) is 9.59 Å². The lowest BCUT2D eigenvalue weighted by atomic mass is 9.82. The largest absolute Gasteiger partial charge is 0.481 e. The van der Waals surface area contributed by atoms with Crippen LogP contribution in [0.4, 0.5) is 0 Å². The first-order chi connectivity index (χ1) is 8.37. The van der Waals surface area contributed by atoms with Crippen molar-refractivity contribution in [2.45, 2.75) is 64.3 Å². The second-order valence-corrected chi connectivity index (χ2v) is 6.43. The number of aliphatic carboxylic acids is 1. The smallest absolute Gasteiger partial charge is 0.310 e. The maximum absolute atomic E-state index is 12.4. The number of rotatable bonds is 3. The molecule has 1 saturated carbocycles. The molecule has 1 N–H and O–H groups in total. The molecule has 0 radical (unpaired) electrons. The van der Waals surface area contributed by atoms with Crippen LogP contribution in [0, 0.1) is 5.41 Å². The third kappa shape index (κ3) is 2.25. The fourth-order valence-electron chi connectivity index (χ4n) is 3.47. The average molecular weight is 253 g/mol. The van der Waals surface area contributed by atoms with Crippen molar-refractivity contribution in [3.05, 3.63) is 0 Å². The molecule has 1 saturated heterocycles. The van der Waals surface area contributed by atoms with Gasteiger partial charge in [0.25, 0.3) is 0 Å². The van der Waals surface area contributed by atoms with E-state index >= 15 is 0 Å². The summed E-state index contributed by atoms with van der Waals surface area (Å²) in [5.74, 6) is -0.757. The van der Waals surface area contributed by atoms with Gasteiger partial charge in [0, 0.05) is 18.5 Å². The fourth-order valence-corrected chi connectivity index (χ4v) is 3.47. The van der Waals surface area contributed by atoms with Gasteiger partial charge in [-0.05, 0) is 39.5 Å². The zero-order valence-corrected chi connectivity index (χ0v) is 11.4. The third-order valence-corrected chi connectivity index (χ3v) is 4.71. The Morgan fingerprint density at radius 1 is 1.11 bits per heavy atom. The van der Waals surface area contributed by atoms with Gasteiger partial charge in [0.1, 0.15) is 0 Å². The molecular weight excluding hydrogens is 230 g/mol. The van der Waals surface area contributed by atoms with Crippen LogP contribution in [-0.4, -0.2) is 34.0 Å². The molecule has 0 bridgehead atoms. The Balaban J connectivity index is 2.08. The van der Waals surface area contributed by atoms with E-state index in [1.54, 1.807) is 0 Å². The van der Waals surface area contributed by atoms with Crippen LogP contribution < -0.4 is 0 Å². The van der Waals surface area contributed by atoms with E-state index in [0.29, 0.717) is 12.8 Å². The van der Waals surface area contributed by atoms with Crippen LogP contribution in [0.1, 0.15) is 58.8 Å². The molecule has 1 aliphatic carbocycles. The molecule has 18 heavy (non-hydrogen) atoms. The lowest BCUT2D eigenvalue weighted by Gasteiger charge is -2.34. The number of carboxylic acid groups (broad SMARTS) is 1. The van der Waals surface area contributed by atoms with Crippen LogP contribution in [0.15, 0.2) is 0 Å². The van der Waals surface area contributed by atoms with E-state index < -0.39 is 11.4 Å². The lowest BCUT2D eigenvalue weighted by molar-refractivity contribution is -0.154. The molecule has 0 aromatic heterocycles. The summed E-state index contributed by atoms with van der Waals surface area (Å²) in [6.07, 6.45) is 5.40. The standard InChI is InChI=1S/C14H23NO3/c1-13(2)6-5-9-15(13)11(16)10-14(12(17)18)7-3-4-8-14/h3-10H2,1-2H3,(H,17,18). The van der Waals surface area contributed by atoms with E-state index in [4.69, 9.17) is 0 Å².